The summed E-state index contributed by atoms with van der Waals surface area (Å²) in [5, 5.41) is 3.41. The van der Waals surface area contributed by atoms with Crippen LogP contribution in [0.1, 0.15) is 24.2 Å². The van der Waals surface area contributed by atoms with Crippen molar-refractivity contribution < 1.29 is 14.3 Å². The third-order valence-corrected chi connectivity index (χ3v) is 3.66. The zero-order chi connectivity index (χ0) is 14.2. The Kier molecular flexibility index (Phi) is 3.30. The summed E-state index contributed by atoms with van der Waals surface area (Å²) >= 11 is 0. The topological polar surface area (TPSA) is 50.8 Å². The first kappa shape index (κ1) is 13.2. The molecule has 0 bridgehead atoms. The van der Waals surface area contributed by atoms with Crippen LogP contribution in [0.15, 0.2) is 18.2 Å². The molecule has 2 heterocycles. The van der Waals surface area contributed by atoms with Crippen LogP contribution in [-0.4, -0.2) is 49.2 Å². The summed E-state index contributed by atoms with van der Waals surface area (Å²) in [7, 11) is 0. The summed E-state index contributed by atoms with van der Waals surface area (Å²) in [6, 6.07) is 5.49. The monoisotopic (exact) mass is 276 g/mol. The highest BCUT2D eigenvalue weighted by atomic mass is 16.6. The van der Waals surface area contributed by atoms with Gasteiger partial charge in [-0.25, -0.2) is 0 Å². The molecule has 1 N–H and O–H groups in total. The maximum Gasteiger partial charge on any atom is 0.257 e. The van der Waals surface area contributed by atoms with Gasteiger partial charge in [0.25, 0.3) is 5.91 Å². The number of rotatable bonds is 1. The average molecular weight is 276 g/mol. The van der Waals surface area contributed by atoms with Crippen molar-refractivity contribution >= 4 is 5.91 Å². The fourth-order valence-corrected chi connectivity index (χ4v) is 2.73. The third-order valence-electron chi connectivity index (χ3n) is 3.66. The highest BCUT2D eigenvalue weighted by Crippen LogP contribution is 2.34. The van der Waals surface area contributed by atoms with E-state index in [2.05, 4.69) is 19.2 Å². The third kappa shape index (κ3) is 2.45. The van der Waals surface area contributed by atoms with Gasteiger partial charge in [-0.15, -0.1) is 0 Å². The van der Waals surface area contributed by atoms with E-state index >= 15 is 0 Å². The molecule has 20 heavy (non-hydrogen) atoms. The number of nitrogens with zero attached hydrogens (tertiary/aromatic N) is 1. The van der Waals surface area contributed by atoms with Gasteiger partial charge in [0.15, 0.2) is 11.5 Å². The second-order valence-corrected chi connectivity index (χ2v) is 5.87. The molecule has 1 amide bonds. The van der Waals surface area contributed by atoms with E-state index in [0.29, 0.717) is 43.4 Å². The van der Waals surface area contributed by atoms with E-state index in [-0.39, 0.29) is 11.4 Å². The quantitative estimate of drug-likeness (QED) is 0.839. The van der Waals surface area contributed by atoms with E-state index in [1.807, 2.05) is 23.1 Å². The first-order chi connectivity index (χ1) is 9.57. The Balaban J connectivity index is 1.87. The number of nitrogens with one attached hydrogen (secondary N) is 1. The van der Waals surface area contributed by atoms with Crippen LogP contribution >= 0.6 is 0 Å². The minimum atomic E-state index is -0.0554. The number of carbonyl (C=O) groups excluding carboxylic acids is 1. The van der Waals surface area contributed by atoms with Crippen LogP contribution in [0.5, 0.6) is 11.5 Å². The standard InChI is InChI=1S/C15H20N2O3/c1-15(2)10-17(7-6-16-15)14(18)11-4-3-5-12-13(11)20-9-8-19-12/h3-5,16H,6-10H2,1-2H3. The number of hydrogen-bond acceptors (Lipinski definition) is 4. The molecular formula is C15H20N2O3. The van der Waals surface area contributed by atoms with Crippen LogP contribution < -0.4 is 14.8 Å². The van der Waals surface area contributed by atoms with Gasteiger partial charge in [-0.3, -0.25) is 4.79 Å². The van der Waals surface area contributed by atoms with E-state index in [1.165, 1.54) is 0 Å². The van der Waals surface area contributed by atoms with Crippen LogP contribution in [0.4, 0.5) is 0 Å². The summed E-state index contributed by atoms with van der Waals surface area (Å²) in [6.45, 7) is 7.45. The van der Waals surface area contributed by atoms with Crippen molar-refractivity contribution in [2.75, 3.05) is 32.8 Å². The molecule has 108 valence electrons. The minimum absolute atomic E-state index is 0.0157. The largest absolute Gasteiger partial charge is 0.486 e. The molecule has 1 aromatic rings. The van der Waals surface area contributed by atoms with Crippen LogP contribution in [-0.2, 0) is 0 Å². The van der Waals surface area contributed by atoms with Gasteiger partial charge < -0.3 is 19.7 Å². The first-order valence-electron chi connectivity index (χ1n) is 7.00. The number of ether oxygens (including phenoxy) is 2. The van der Waals surface area contributed by atoms with Crippen molar-refractivity contribution in [3.63, 3.8) is 0 Å². The predicted molar refractivity (Wildman–Crippen MR) is 75.4 cm³/mol. The van der Waals surface area contributed by atoms with Crippen LogP contribution in [0.25, 0.3) is 0 Å². The average Bonchev–Trinajstić information content (AvgIpc) is 2.45. The highest BCUT2D eigenvalue weighted by Gasteiger charge is 2.31. The molecule has 5 heteroatoms. The van der Waals surface area contributed by atoms with Crippen molar-refractivity contribution in [2.45, 2.75) is 19.4 Å². The van der Waals surface area contributed by atoms with Gasteiger partial charge in [-0.2, -0.15) is 0 Å². The molecule has 1 aromatic carbocycles. The van der Waals surface area contributed by atoms with Crippen molar-refractivity contribution in [3.05, 3.63) is 23.8 Å². The van der Waals surface area contributed by atoms with E-state index < -0.39 is 0 Å². The fraction of sp³-hybridized carbons (Fsp3) is 0.533. The van der Waals surface area contributed by atoms with Crippen molar-refractivity contribution in [1.82, 2.24) is 10.2 Å². The molecule has 1 fully saturated rings. The fourth-order valence-electron chi connectivity index (χ4n) is 2.73. The van der Waals surface area contributed by atoms with Crippen LogP contribution in [0.2, 0.25) is 0 Å². The molecule has 0 aromatic heterocycles. The number of para-hydroxylation sites is 1. The normalized spacial score (nSPS) is 20.6. The van der Waals surface area contributed by atoms with Gasteiger partial charge in [-0.1, -0.05) is 6.07 Å². The lowest BCUT2D eigenvalue weighted by atomic mass is 10.0. The summed E-state index contributed by atoms with van der Waals surface area (Å²) in [5.41, 5.74) is 0.542. The van der Waals surface area contributed by atoms with Crippen LogP contribution in [0.3, 0.4) is 0 Å². The van der Waals surface area contributed by atoms with Crippen molar-refractivity contribution in [2.24, 2.45) is 0 Å². The minimum Gasteiger partial charge on any atom is -0.486 e. The number of piperazine rings is 1. The zero-order valence-corrected chi connectivity index (χ0v) is 11.9. The Hall–Kier alpha value is -1.75. The number of hydrogen-bond donors (Lipinski definition) is 1. The molecule has 3 rings (SSSR count). The molecular weight excluding hydrogens is 256 g/mol. The van der Waals surface area contributed by atoms with Crippen molar-refractivity contribution in [1.29, 1.82) is 0 Å². The Bertz CT molecular complexity index is 528. The Morgan fingerprint density at radius 2 is 2.10 bits per heavy atom. The van der Waals surface area contributed by atoms with E-state index in [9.17, 15) is 4.79 Å². The lowest BCUT2D eigenvalue weighted by Crippen LogP contribution is -2.58. The molecule has 2 aliphatic rings. The van der Waals surface area contributed by atoms with Gasteiger partial charge in [0, 0.05) is 25.2 Å². The second-order valence-electron chi connectivity index (χ2n) is 5.87. The van der Waals surface area contributed by atoms with E-state index in [4.69, 9.17) is 9.47 Å². The summed E-state index contributed by atoms with van der Waals surface area (Å²) < 4.78 is 11.2. The Labute approximate surface area is 118 Å². The molecule has 2 aliphatic heterocycles. The van der Waals surface area contributed by atoms with Gasteiger partial charge in [0.1, 0.15) is 13.2 Å². The van der Waals surface area contributed by atoms with E-state index in [0.717, 1.165) is 6.54 Å². The van der Waals surface area contributed by atoms with Crippen LogP contribution in [0, 0.1) is 0 Å². The van der Waals surface area contributed by atoms with Gasteiger partial charge in [0.05, 0.1) is 5.56 Å². The maximum atomic E-state index is 12.7. The molecule has 0 spiro atoms. The molecule has 0 radical (unpaired) electrons. The maximum absolute atomic E-state index is 12.7. The Morgan fingerprint density at radius 1 is 1.30 bits per heavy atom. The van der Waals surface area contributed by atoms with Gasteiger partial charge in [-0.05, 0) is 26.0 Å². The molecule has 0 unspecified atom stereocenters. The molecule has 0 atom stereocenters. The SMILES string of the molecule is CC1(C)CN(C(=O)c2cccc3c2OCCO3)CCN1. The summed E-state index contributed by atoms with van der Waals surface area (Å²) in [6.07, 6.45) is 0. The van der Waals surface area contributed by atoms with E-state index in [1.54, 1.807) is 0 Å². The predicted octanol–water partition coefficient (Wildman–Crippen LogP) is 1.28. The Morgan fingerprint density at radius 3 is 2.90 bits per heavy atom. The van der Waals surface area contributed by atoms with Gasteiger partial charge in [0.2, 0.25) is 0 Å². The zero-order valence-electron chi connectivity index (χ0n) is 11.9. The first-order valence-corrected chi connectivity index (χ1v) is 7.00. The molecule has 0 aliphatic carbocycles. The summed E-state index contributed by atoms with van der Waals surface area (Å²) in [4.78, 5) is 14.6. The number of amides is 1. The molecule has 5 nitrogen and oxygen atoms in total. The molecule has 0 saturated carbocycles. The lowest BCUT2D eigenvalue weighted by Gasteiger charge is -2.39. The number of carbonyl (C=O) groups is 1. The highest BCUT2D eigenvalue weighted by molar-refractivity contribution is 5.98. The number of fused-ring (bicyclic) bond motifs is 1. The smallest absolute Gasteiger partial charge is 0.257 e. The van der Waals surface area contributed by atoms with Crippen molar-refractivity contribution in [3.8, 4) is 11.5 Å². The summed E-state index contributed by atoms with van der Waals surface area (Å²) in [5.74, 6) is 1.26. The number of benzene rings is 1. The second kappa shape index (κ2) is 4.98. The lowest BCUT2D eigenvalue weighted by molar-refractivity contribution is 0.0642. The van der Waals surface area contributed by atoms with Gasteiger partial charge >= 0.3 is 0 Å². The molecule has 1 saturated heterocycles.